The number of nitrogens with zero attached hydrogens (tertiary/aromatic N) is 1. The number of hydrogen-bond acceptors (Lipinski definition) is 6. The normalized spacial score (nSPS) is 16.4. The molecule has 9 heteroatoms. The highest BCUT2D eigenvalue weighted by molar-refractivity contribution is 14.1. The molecule has 0 radical (unpaired) electrons. The maximum Gasteiger partial charge on any atom is 0.320 e. The molecular weight excluding hydrogens is 483 g/mol. The van der Waals surface area contributed by atoms with E-state index in [-0.39, 0.29) is 10.5 Å². The number of sulfone groups is 1. The fourth-order valence-corrected chi connectivity index (χ4v) is 5.50. The molecule has 1 unspecified atom stereocenters. The molecule has 27 heavy (non-hydrogen) atoms. The number of carboxylic acid groups (broad SMARTS) is 1. The molecule has 7 nitrogen and oxygen atoms in total. The molecule has 1 atom stereocenters. The van der Waals surface area contributed by atoms with Crippen LogP contribution in [0.2, 0.25) is 0 Å². The second-order valence-electron chi connectivity index (χ2n) is 5.87. The number of aliphatic carboxylic acids is 1. The van der Waals surface area contributed by atoms with E-state index in [0.29, 0.717) is 22.7 Å². The number of hydrazine groups is 1. The van der Waals surface area contributed by atoms with Gasteiger partial charge in [-0.2, -0.15) is 0 Å². The van der Waals surface area contributed by atoms with Crippen molar-refractivity contribution in [1.29, 1.82) is 0 Å². The Morgan fingerprint density at radius 3 is 2.52 bits per heavy atom. The Bertz CT molecular complexity index is 1040. The highest BCUT2D eigenvalue weighted by atomic mass is 127. The number of methoxy groups -OCH3 is 1. The largest absolute Gasteiger partial charge is 0.495 e. The standard InChI is InChI=1S/C18H17IN2O5S/c1-26-14-8-4-3-7-13(14)21(20)17-11-6-2-5-9-15(11)27(24,25)10-12(17)16(19)18(22)23/h2-9,16H,10,20H2,1H3,(H,22,23). The lowest BCUT2D eigenvalue weighted by atomic mass is 10.0. The molecule has 0 saturated carbocycles. The predicted octanol–water partition coefficient (Wildman–Crippen LogP) is 2.46. The number of para-hydroxylation sites is 2. The first-order chi connectivity index (χ1) is 12.8. The molecule has 0 bridgehead atoms. The summed E-state index contributed by atoms with van der Waals surface area (Å²) < 4.78 is 29.7. The number of hydrogen-bond donors (Lipinski definition) is 2. The minimum Gasteiger partial charge on any atom is -0.495 e. The van der Waals surface area contributed by atoms with Gasteiger partial charge in [-0.3, -0.25) is 9.80 Å². The number of carboxylic acids is 1. The summed E-state index contributed by atoms with van der Waals surface area (Å²) in [7, 11) is -2.17. The van der Waals surface area contributed by atoms with Crippen molar-refractivity contribution in [2.24, 2.45) is 5.84 Å². The van der Waals surface area contributed by atoms with Crippen molar-refractivity contribution < 1.29 is 23.1 Å². The van der Waals surface area contributed by atoms with Crippen LogP contribution in [0, 0.1) is 0 Å². The zero-order chi connectivity index (χ0) is 19.8. The summed E-state index contributed by atoms with van der Waals surface area (Å²) in [6.07, 6.45) is 0. The van der Waals surface area contributed by atoms with Crippen molar-refractivity contribution in [3.8, 4) is 5.75 Å². The summed E-state index contributed by atoms with van der Waals surface area (Å²) in [6.45, 7) is 0. The first-order valence-corrected chi connectivity index (χ1v) is 10.8. The average molecular weight is 500 g/mol. The van der Waals surface area contributed by atoms with Crippen molar-refractivity contribution in [1.82, 2.24) is 0 Å². The maximum atomic E-state index is 12.7. The molecule has 1 aliphatic rings. The fourth-order valence-electron chi connectivity index (χ4n) is 3.03. The molecule has 3 N–H and O–H groups in total. The Balaban J connectivity index is 2.31. The van der Waals surface area contributed by atoms with Gasteiger partial charge in [0.15, 0.2) is 9.84 Å². The van der Waals surface area contributed by atoms with Crippen LogP contribution in [0.5, 0.6) is 5.75 Å². The Labute approximate surface area is 170 Å². The van der Waals surface area contributed by atoms with Crippen LogP contribution in [0.3, 0.4) is 0 Å². The average Bonchev–Trinajstić information content (AvgIpc) is 2.66. The lowest BCUT2D eigenvalue weighted by Crippen LogP contribution is -2.37. The number of ether oxygens (including phenoxy) is 1. The minimum absolute atomic E-state index is 0.128. The van der Waals surface area contributed by atoms with E-state index in [1.54, 1.807) is 65.1 Å². The van der Waals surface area contributed by atoms with Gasteiger partial charge in [-0.15, -0.1) is 0 Å². The number of anilines is 1. The lowest BCUT2D eigenvalue weighted by molar-refractivity contribution is -0.135. The van der Waals surface area contributed by atoms with Gasteiger partial charge >= 0.3 is 5.97 Å². The van der Waals surface area contributed by atoms with Crippen LogP contribution in [0.15, 0.2) is 59.0 Å². The molecule has 0 aliphatic carbocycles. The van der Waals surface area contributed by atoms with Gasteiger partial charge in [0.05, 0.1) is 29.1 Å². The third-order valence-electron chi connectivity index (χ3n) is 4.24. The first-order valence-electron chi connectivity index (χ1n) is 7.88. The Morgan fingerprint density at radius 2 is 1.85 bits per heavy atom. The summed E-state index contributed by atoms with van der Waals surface area (Å²) in [4.78, 5) is 11.8. The highest BCUT2D eigenvalue weighted by Gasteiger charge is 2.37. The van der Waals surface area contributed by atoms with E-state index in [4.69, 9.17) is 10.6 Å². The van der Waals surface area contributed by atoms with E-state index in [2.05, 4.69) is 0 Å². The molecule has 1 heterocycles. The van der Waals surface area contributed by atoms with Gasteiger partial charge in [0.25, 0.3) is 0 Å². The van der Waals surface area contributed by atoms with Gasteiger partial charge in [0, 0.05) is 5.56 Å². The van der Waals surface area contributed by atoms with Crippen LogP contribution in [-0.4, -0.2) is 36.3 Å². The van der Waals surface area contributed by atoms with Crippen molar-refractivity contribution in [3.63, 3.8) is 0 Å². The van der Waals surface area contributed by atoms with Crippen molar-refractivity contribution in [2.75, 3.05) is 17.9 Å². The summed E-state index contributed by atoms with van der Waals surface area (Å²) in [6, 6.07) is 13.4. The van der Waals surface area contributed by atoms with E-state index in [9.17, 15) is 18.3 Å². The third-order valence-corrected chi connectivity index (χ3v) is 7.24. The van der Waals surface area contributed by atoms with Gasteiger partial charge in [0.2, 0.25) is 0 Å². The predicted molar refractivity (Wildman–Crippen MR) is 111 cm³/mol. The number of benzene rings is 2. The van der Waals surface area contributed by atoms with E-state index >= 15 is 0 Å². The fraction of sp³-hybridized carbons (Fsp3) is 0.167. The summed E-state index contributed by atoms with van der Waals surface area (Å²) in [5.74, 6) is 5.32. The molecule has 3 rings (SSSR count). The molecule has 0 spiro atoms. The van der Waals surface area contributed by atoms with Gasteiger partial charge in [0.1, 0.15) is 9.67 Å². The number of alkyl halides is 1. The second kappa shape index (κ2) is 7.49. The highest BCUT2D eigenvalue weighted by Crippen LogP contribution is 2.40. The number of fused-ring (bicyclic) bond motifs is 1. The van der Waals surface area contributed by atoms with Crippen LogP contribution in [0.4, 0.5) is 5.69 Å². The lowest BCUT2D eigenvalue weighted by Gasteiger charge is -2.31. The van der Waals surface area contributed by atoms with Gasteiger partial charge in [-0.25, -0.2) is 14.3 Å². The van der Waals surface area contributed by atoms with Gasteiger partial charge < -0.3 is 9.84 Å². The van der Waals surface area contributed by atoms with Gasteiger partial charge in [-0.1, -0.05) is 52.9 Å². The zero-order valence-corrected chi connectivity index (χ0v) is 17.3. The Kier molecular flexibility index (Phi) is 5.45. The molecule has 1 aliphatic heterocycles. The Hall–Kier alpha value is -2.11. The van der Waals surface area contributed by atoms with Crippen molar-refractivity contribution in [2.45, 2.75) is 8.82 Å². The van der Waals surface area contributed by atoms with E-state index in [0.717, 1.165) is 0 Å². The summed E-state index contributed by atoms with van der Waals surface area (Å²) in [5.41, 5.74) is 1.44. The number of rotatable bonds is 5. The monoisotopic (exact) mass is 500 g/mol. The maximum absolute atomic E-state index is 12.7. The van der Waals surface area contributed by atoms with Crippen LogP contribution >= 0.6 is 22.6 Å². The molecule has 0 aromatic heterocycles. The zero-order valence-electron chi connectivity index (χ0n) is 14.3. The van der Waals surface area contributed by atoms with Crippen molar-refractivity contribution in [3.05, 3.63) is 59.7 Å². The third kappa shape index (κ3) is 3.54. The van der Waals surface area contributed by atoms with E-state index in [1.807, 2.05) is 0 Å². The number of halogens is 1. The summed E-state index contributed by atoms with van der Waals surface area (Å²) >= 11 is 1.72. The smallest absolute Gasteiger partial charge is 0.320 e. The van der Waals surface area contributed by atoms with Crippen LogP contribution in [-0.2, 0) is 14.6 Å². The number of carbonyl (C=O) groups is 1. The van der Waals surface area contributed by atoms with Crippen LogP contribution in [0.25, 0.3) is 5.70 Å². The van der Waals surface area contributed by atoms with Crippen LogP contribution in [0.1, 0.15) is 5.56 Å². The van der Waals surface area contributed by atoms with E-state index in [1.165, 1.54) is 18.2 Å². The molecule has 2 aromatic rings. The van der Waals surface area contributed by atoms with Crippen molar-refractivity contribution >= 4 is 49.8 Å². The topological polar surface area (TPSA) is 110 Å². The summed E-state index contributed by atoms with van der Waals surface area (Å²) in [5, 5.41) is 10.8. The van der Waals surface area contributed by atoms with Gasteiger partial charge in [-0.05, 0) is 23.8 Å². The SMILES string of the molecule is COc1ccccc1N(N)C1=C(C(I)C(=O)O)CS(=O)(=O)c2ccccc21. The van der Waals surface area contributed by atoms with E-state index < -0.39 is 25.5 Å². The molecular formula is C18H17IN2O5S. The van der Waals surface area contributed by atoms with Crippen LogP contribution < -0.4 is 15.6 Å². The second-order valence-corrected chi connectivity index (χ2v) is 9.08. The Morgan fingerprint density at radius 1 is 1.22 bits per heavy atom. The molecule has 0 saturated heterocycles. The molecule has 0 fully saturated rings. The molecule has 0 amide bonds. The quantitative estimate of drug-likeness (QED) is 0.281. The first kappa shape index (κ1) is 19.6. The molecule has 2 aromatic carbocycles. The number of nitrogens with two attached hydrogens (primary N) is 1. The molecule has 142 valence electrons. The minimum atomic E-state index is -3.67.